The van der Waals surface area contributed by atoms with E-state index in [1.54, 1.807) is 0 Å². The molecule has 2 rings (SSSR count). The lowest BCUT2D eigenvalue weighted by atomic mass is 10.2. The molecule has 0 saturated carbocycles. The van der Waals surface area contributed by atoms with Gasteiger partial charge >= 0.3 is 0 Å². The lowest BCUT2D eigenvalue weighted by molar-refractivity contribution is -0.122. The van der Waals surface area contributed by atoms with Crippen LogP contribution in [-0.2, 0) is 9.53 Å². The third-order valence-electron chi connectivity index (χ3n) is 4.03. The molecule has 0 bridgehead atoms. The first-order valence-corrected chi connectivity index (χ1v) is 7.96. The second kappa shape index (κ2) is 7.96. The Balaban J connectivity index is 1.60. The second-order valence-corrected chi connectivity index (χ2v) is 6.41. The van der Waals surface area contributed by atoms with E-state index in [9.17, 15) is 4.79 Å². The molecule has 116 valence electrons. The Hall–Kier alpha value is -0.650. The Kier molecular flexibility index (Phi) is 6.26. The van der Waals surface area contributed by atoms with Crippen molar-refractivity contribution in [2.24, 2.45) is 5.92 Å². The third kappa shape index (κ3) is 5.38. The van der Waals surface area contributed by atoms with Gasteiger partial charge in [0.2, 0.25) is 5.91 Å². The van der Waals surface area contributed by atoms with E-state index >= 15 is 0 Å². The zero-order chi connectivity index (χ0) is 14.4. The van der Waals surface area contributed by atoms with Crippen molar-refractivity contribution in [1.82, 2.24) is 15.1 Å². The predicted molar refractivity (Wildman–Crippen MR) is 79.7 cm³/mol. The van der Waals surface area contributed by atoms with E-state index in [1.807, 2.05) is 0 Å². The molecule has 5 heteroatoms. The number of carbonyl (C=O) groups excluding carboxylic acids is 1. The van der Waals surface area contributed by atoms with Crippen LogP contribution < -0.4 is 5.32 Å². The smallest absolute Gasteiger partial charge is 0.234 e. The molecule has 0 spiro atoms. The fourth-order valence-corrected chi connectivity index (χ4v) is 2.78. The monoisotopic (exact) mass is 283 g/mol. The average molecular weight is 283 g/mol. The fourth-order valence-electron chi connectivity index (χ4n) is 2.78. The van der Waals surface area contributed by atoms with Crippen molar-refractivity contribution >= 4 is 5.91 Å². The summed E-state index contributed by atoms with van der Waals surface area (Å²) in [5.74, 6) is 0.675. The van der Waals surface area contributed by atoms with Gasteiger partial charge in [0.1, 0.15) is 0 Å². The number of ether oxygens (including phenoxy) is 1. The normalized spacial score (nSPS) is 25.2. The maximum atomic E-state index is 11.8. The quantitative estimate of drug-likeness (QED) is 0.773. The summed E-state index contributed by atoms with van der Waals surface area (Å²) in [5.41, 5.74) is 0. The molecule has 2 aliphatic rings. The fraction of sp³-hybridized carbons (Fsp3) is 0.933. The summed E-state index contributed by atoms with van der Waals surface area (Å²) in [6, 6.07) is 0. The highest BCUT2D eigenvalue weighted by molar-refractivity contribution is 5.78. The number of hydrogen-bond donors (Lipinski definition) is 1. The Bertz CT molecular complexity index is 295. The zero-order valence-corrected chi connectivity index (χ0v) is 12.9. The molecule has 5 nitrogen and oxygen atoms in total. The van der Waals surface area contributed by atoms with Gasteiger partial charge in [-0.3, -0.25) is 14.6 Å². The van der Waals surface area contributed by atoms with Gasteiger partial charge in [-0.25, -0.2) is 0 Å². The van der Waals surface area contributed by atoms with Gasteiger partial charge in [-0.15, -0.1) is 0 Å². The first-order chi connectivity index (χ1) is 9.63. The summed E-state index contributed by atoms with van der Waals surface area (Å²) in [6.45, 7) is 11.6. The topological polar surface area (TPSA) is 44.8 Å². The van der Waals surface area contributed by atoms with Crippen LogP contribution in [-0.4, -0.2) is 74.2 Å². The molecule has 0 aromatic carbocycles. The standard InChI is InChI=1S/C15H29N3O2/c1-13(2)10-16-15(19)12-18-7-5-17(6-8-18)11-14-4-3-9-20-14/h13-14H,3-12H2,1-2H3,(H,16,19). The van der Waals surface area contributed by atoms with Crippen LogP contribution in [0, 0.1) is 5.92 Å². The van der Waals surface area contributed by atoms with Gasteiger partial charge in [0.05, 0.1) is 12.6 Å². The first kappa shape index (κ1) is 15.7. The SMILES string of the molecule is CC(C)CNC(=O)CN1CCN(CC2CCCO2)CC1. The average Bonchev–Trinajstić information content (AvgIpc) is 2.92. The van der Waals surface area contributed by atoms with Crippen LogP contribution in [0.2, 0.25) is 0 Å². The summed E-state index contributed by atoms with van der Waals surface area (Å²) in [7, 11) is 0. The Morgan fingerprint density at radius 1 is 1.25 bits per heavy atom. The maximum absolute atomic E-state index is 11.8. The minimum absolute atomic E-state index is 0.159. The van der Waals surface area contributed by atoms with Crippen molar-refractivity contribution in [3.63, 3.8) is 0 Å². The molecule has 2 aliphatic heterocycles. The van der Waals surface area contributed by atoms with E-state index in [-0.39, 0.29) is 5.91 Å². The molecule has 2 saturated heterocycles. The van der Waals surface area contributed by atoms with Crippen molar-refractivity contribution in [2.45, 2.75) is 32.8 Å². The number of nitrogens with zero attached hydrogens (tertiary/aromatic N) is 2. The van der Waals surface area contributed by atoms with Crippen LogP contribution >= 0.6 is 0 Å². The van der Waals surface area contributed by atoms with Crippen molar-refractivity contribution < 1.29 is 9.53 Å². The summed E-state index contributed by atoms with van der Waals surface area (Å²) < 4.78 is 5.68. The van der Waals surface area contributed by atoms with Crippen LogP contribution in [0.1, 0.15) is 26.7 Å². The largest absolute Gasteiger partial charge is 0.377 e. The molecule has 0 aromatic rings. The van der Waals surface area contributed by atoms with Gasteiger partial charge in [0.15, 0.2) is 0 Å². The van der Waals surface area contributed by atoms with Crippen molar-refractivity contribution in [3.8, 4) is 0 Å². The van der Waals surface area contributed by atoms with Crippen LogP contribution in [0.4, 0.5) is 0 Å². The number of rotatable bonds is 6. The molecule has 2 heterocycles. The van der Waals surface area contributed by atoms with Gasteiger partial charge in [0, 0.05) is 45.9 Å². The van der Waals surface area contributed by atoms with Crippen LogP contribution in [0.25, 0.3) is 0 Å². The summed E-state index contributed by atoms with van der Waals surface area (Å²) >= 11 is 0. The molecule has 0 aliphatic carbocycles. The van der Waals surface area contributed by atoms with Gasteiger partial charge in [-0.05, 0) is 18.8 Å². The molecule has 0 radical (unpaired) electrons. The number of amides is 1. The summed E-state index contributed by atoms with van der Waals surface area (Å²) in [4.78, 5) is 16.5. The molecular weight excluding hydrogens is 254 g/mol. The van der Waals surface area contributed by atoms with Crippen LogP contribution in [0.15, 0.2) is 0 Å². The van der Waals surface area contributed by atoms with Gasteiger partial charge < -0.3 is 10.1 Å². The van der Waals surface area contributed by atoms with E-state index < -0.39 is 0 Å². The minimum Gasteiger partial charge on any atom is -0.377 e. The zero-order valence-electron chi connectivity index (χ0n) is 12.9. The second-order valence-electron chi connectivity index (χ2n) is 6.41. The number of carbonyl (C=O) groups is 1. The van der Waals surface area contributed by atoms with Crippen molar-refractivity contribution in [2.75, 3.05) is 52.4 Å². The van der Waals surface area contributed by atoms with Gasteiger partial charge in [-0.2, -0.15) is 0 Å². The first-order valence-electron chi connectivity index (χ1n) is 7.96. The molecule has 20 heavy (non-hydrogen) atoms. The predicted octanol–water partition coefficient (Wildman–Crippen LogP) is 0.555. The Labute approximate surface area is 122 Å². The molecule has 0 aromatic heterocycles. The van der Waals surface area contributed by atoms with Crippen LogP contribution in [0.3, 0.4) is 0 Å². The van der Waals surface area contributed by atoms with Crippen molar-refractivity contribution in [1.29, 1.82) is 0 Å². The number of hydrogen-bond acceptors (Lipinski definition) is 4. The lowest BCUT2D eigenvalue weighted by Crippen LogP contribution is -2.51. The summed E-state index contributed by atoms with van der Waals surface area (Å²) in [5, 5.41) is 2.99. The van der Waals surface area contributed by atoms with E-state index in [1.165, 1.54) is 12.8 Å². The third-order valence-corrected chi connectivity index (χ3v) is 4.03. The number of nitrogens with one attached hydrogen (secondary N) is 1. The molecule has 1 N–H and O–H groups in total. The molecular formula is C15H29N3O2. The van der Waals surface area contributed by atoms with E-state index in [0.717, 1.165) is 45.9 Å². The highest BCUT2D eigenvalue weighted by Crippen LogP contribution is 2.14. The lowest BCUT2D eigenvalue weighted by Gasteiger charge is -2.35. The van der Waals surface area contributed by atoms with Gasteiger partial charge in [0.25, 0.3) is 0 Å². The molecule has 1 unspecified atom stereocenters. The van der Waals surface area contributed by atoms with Gasteiger partial charge in [-0.1, -0.05) is 13.8 Å². The van der Waals surface area contributed by atoms with E-state index in [0.29, 0.717) is 18.6 Å². The van der Waals surface area contributed by atoms with E-state index in [2.05, 4.69) is 29.0 Å². The minimum atomic E-state index is 0.159. The highest BCUT2D eigenvalue weighted by atomic mass is 16.5. The molecule has 2 fully saturated rings. The Morgan fingerprint density at radius 3 is 2.55 bits per heavy atom. The number of piperazine rings is 1. The Morgan fingerprint density at radius 2 is 1.95 bits per heavy atom. The van der Waals surface area contributed by atoms with E-state index in [4.69, 9.17) is 4.74 Å². The summed E-state index contributed by atoms with van der Waals surface area (Å²) in [6.07, 6.45) is 2.86. The molecule has 1 amide bonds. The molecule has 1 atom stereocenters. The van der Waals surface area contributed by atoms with Crippen LogP contribution in [0.5, 0.6) is 0 Å². The maximum Gasteiger partial charge on any atom is 0.234 e. The highest BCUT2D eigenvalue weighted by Gasteiger charge is 2.23. The van der Waals surface area contributed by atoms with Crippen molar-refractivity contribution in [3.05, 3.63) is 0 Å².